The fourth-order valence-corrected chi connectivity index (χ4v) is 3.45. The maximum absolute atomic E-state index is 6.06. The molecule has 0 aliphatic heterocycles. The second-order valence-electron chi connectivity index (χ2n) is 3.88. The number of anilines is 1. The van der Waals surface area contributed by atoms with Crippen LogP contribution in [0.15, 0.2) is 14.7 Å². The highest BCUT2D eigenvalue weighted by atomic mass is 32.2. The van der Waals surface area contributed by atoms with Crippen molar-refractivity contribution in [1.82, 2.24) is 14.8 Å². The molecule has 2 heterocycles. The van der Waals surface area contributed by atoms with Crippen LogP contribution >= 0.6 is 23.1 Å². The molecule has 0 bridgehead atoms. The maximum atomic E-state index is 6.06. The van der Waals surface area contributed by atoms with Gasteiger partial charge in [-0.05, 0) is 32.0 Å². The van der Waals surface area contributed by atoms with Crippen LogP contribution in [0.25, 0.3) is 0 Å². The van der Waals surface area contributed by atoms with Crippen molar-refractivity contribution in [2.75, 3.05) is 5.73 Å². The summed E-state index contributed by atoms with van der Waals surface area (Å²) < 4.78 is 3.00. The number of hydrogen-bond acceptors (Lipinski definition) is 5. The van der Waals surface area contributed by atoms with Crippen LogP contribution in [0.2, 0.25) is 0 Å². The van der Waals surface area contributed by atoms with Crippen LogP contribution < -0.4 is 5.73 Å². The summed E-state index contributed by atoms with van der Waals surface area (Å²) in [4.78, 5) is 4.44. The van der Waals surface area contributed by atoms with Gasteiger partial charge in [0.05, 0.1) is 11.4 Å². The van der Waals surface area contributed by atoms with Crippen LogP contribution in [0.4, 0.5) is 5.69 Å². The molecule has 0 fully saturated rings. The Morgan fingerprint density at radius 1 is 1.47 bits per heavy atom. The van der Waals surface area contributed by atoms with Gasteiger partial charge in [0, 0.05) is 17.6 Å². The van der Waals surface area contributed by atoms with E-state index in [4.69, 9.17) is 5.73 Å². The first-order valence-corrected chi connectivity index (χ1v) is 7.24. The molecular weight excluding hydrogens is 252 g/mol. The number of nitrogens with zero attached hydrogens (tertiary/aromatic N) is 3. The summed E-state index contributed by atoms with van der Waals surface area (Å²) >= 11 is 3.25. The number of rotatable bonds is 4. The number of aromatic nitrogens is 3. The summed E-state index contributed by atoms with van der Waals surface area (Å²) in [7, 11) is 0. The molecule has 0 saturated carbocycles. The zero-order valence-electron chi connectivity index (χ0n) is 10.2. The van der Waals surface area contributed by atoms with Crippen molar-refractivity contribution in [3.63, 3.8) is 0 Å². The molecule has 2 aromatic heterocycles. The minimum Gasteiger partial charge on any atom is -0.395 e. The first kappa shape index (κ1) is 12.4. The number of nitrogens with two attached hydrogens (primary N) is 1. The molecule has 2 N–H and O–H groups in total. The molecule has 0 amide bonds. The Bertz CT molecular complexity index is 516. The van der Waals surface area contributed by atoms with Crippen LogP contribution in [-0.4, -0.2) is 14.8 Å². The Labute approximate surface area is 109 Å². The molecular formula is C11H16N4S2. The van der Waals surface area contributed by atoms with E-state index in [-0.39, 0.29) is 0 Å². The third kappa shape index (κ3) is 2.63. The first-order valence-electron chi connectivity index (χ1n) is 5.54. The summed E-state index contributed by atoms with van der Waals surface area (Å²) in [5.41, 5.74) is 8.78. The van der Waals surface area contributed by atoms with Crippen molar-refractivity contribution in [2.24, 2.45) is 0 Å². The van der Waals surface area contributed by atoms with E-state index >= 15 is 0 Å². The van der Waals surface area contributed by atoms with Gasteiger partial charge in [0.25, 0.3) is 0 Å². The molecule has 6 heteroatoms. The SMILES string of the molecule is CCCn1nc(C)c(N)c1Sc1nc(C)cs1. The number of hydrogen-bond donors (Lipinski definition) is 1. The van der Waals surface area contributed by atoms with Gasteiger partial charge < -0.3 is 5.73 Å². The maximum Gasteiger partial charge on any atom is 0.156 e. The Balaban J connectivity index is 2.30. The molecule has 0 atom stereocenters. The molecule has 17 heavy (non-hydrogen) atoms. The topological polar surface area (TPSA) is 56.7 Å². The predicted molar refractivity (Wildman–Crippen MR) is 72.6 cm³/mol. The second kappa shape index (κ2) is 5.10. The second-order valence-corrected chi connectivity index (χ2v) is 5.98. The first-order chi connectivity index (χ1) is 8.11. The number of aryl methyl sites for hydroxylation is 3. The van der Waals surface area contributed by atoms with Crippen LogP contribution in [0.5, 0.6) is 0 Å². The lowest BCUT2D eigenvalue weighted by atomic mass is 10.4. The average Bonchev–Trinajstić information content (AvgIpc) is 2.79. The lowest BCUT2D eigenvalue weighted by Crippen LogP contribution is -2.01. The standard InChI is InChI=1S/C11H16N4S2/c1-4-5-15-10(9(12)8(3)14-15)17-11-13-7(2)6-16-11/h6H,4-5,12H2,1-3H3. The number of thiazole rings is 1. The highest BCUT2D eigenvalue weighted by Crippen LogP contribution is 2.35. The van der Waals surface area contributed by atoms with Crippen LogP contribution in [0, 0.1) is 13.8 Å². The van der Waals surface area contributed by atoms with E-state index in [0.29, 0.717) is 0 Å². The summed E-state index contributed by atoms with van der Waals surface area (Å²) in [6.45, 7) is 6.97. The van der Waals surface area contributed by atoms with Crippen molar-refractivity contribution in [2.45, 2.75) is 43.1 Å². The quantitative estimate of drug-likeness (QED) is 0.925. The average molecular weight is 268 g/mol. The summed E-state index contributed by atoms with van der Waals surface area (Å²) in [6.07, 6.45) is 1.05. The molecule has 0 aromatic carbocycles. The van der Waals surface area contributed by atoms with E-state index in [1.54, 1.807) is 23.1 Å². The van der Waals surface area contributed by atoms with Gasteiger partial charge in [-0.1, -0.05) is 6.92 Å². The highest BCUT2D eigenvalue weighted by Gasteiger charge is 2.14. The minimum absolute atomic E-state index is 0.774. The minimum atomic E-state index is 0.774. The van der Waals surface area contributed by atoms with Gasteiger partial charge in [0.1, 0.15) is 5.03 Å². The lowest BCUT2D eigenvalue weighted by molar-refractivity contribution is 0.556. The van der Waals surface area contributed by atoms with Crippen molar-refractivity contribution in [3.05, 3.63) is 16.8 Å². The van der Waals surface area contributed by atoms with Gasteiger partial charge in [-0.15, -0.1) is 11.3 Å². The van der Waals surface area contributed by atoms with E-state index in [0.717, 1.165) is 39.4 Å². The molecule has 0 saturated heterocycles. The molecule has 0 aliphatic rings. The van der Waals surface area contributed by atoms with E-state index in [1.807, 2.05) is 23.9 Å². The molecule has 0 unspecified atom stereocenters. The zero-order chi connectivity index (χ0) is 12.4. The Morgan fingerprint density at radius 2 is 2.24 bits per heavy atom. The summed E-state index contributed by atoms with van der Waals surface area (Å²) in [5.74, 6) is 0. The molecule has 2 rings (SSSR count). The smallest absolute Gasteiger partial charge is 0.156 e. The van der Waals surface area contributed by atoms with Crippen molar-refractivity contribution in [1.29, 1.82) is 0 Å². The molecule has 0 spiro atoms. The van der Waals surface area contributed by atoms with E-state index in [2.05, 4.69) is 17.0 Å². The van der Waals surface area contributed by atoms with Gasteiger partial charge in [0.15, 0.2) is 4.34 Å². The monoisotopic (exact) mass is 268 g/mol. The summed E-state index contributed by atoms with van der Waals surface area (Å²) in [5, 5.41) is 7.51. The van der Waals surface area contributed by atoms with Crippen molar-refractivity contribution < 1.29 is 0 Å². The van der Waals surface area contributed by atoms with Gasteiger partial charge in [-0.2, -0.15) is 5.10 Å². The largest absolute Gasteiger partial charge is 0.395 e. The fraction of sp³-hybridized carbons (Fsp3) is 0.455. The molecule has 92 valence electrons. The van der Waals surface area contributed by atoms with Crippen LogP contribution in [0.3, 0.4) is 0 Å². The summed E-state index contributed by atoms with van der Waals surface area (Å²) in [6, 6.07) is 0. The van der Waals surface area contributed by atoms with Gasteiger partial charge >= 0.3 is 0 Å². The fourth-order valence-electron chi connectivity index (χ4n) is 1.51. The zero-order valence-corrected chi connectivity index (χ0v) is 11.9. The Kier molecular flexibility index (Phi) is 3.73. The van der Waals surface area contributed by atoms with Crippen LogP contribution in [0.1, 0.15) is 24.7 Å². The van der Waals surface area contributed by atoms with Crippen molar-refractivity contribution >= 4 is 28.8 Å². The Morgan fingerprint density at radius 3 is 2.82 bits per heavy atom. The van der Waals surface area contributed by atoms with Gasteiger partial charge in [0.2, 0.25) is 0 Å². The third-order valence-corrected chi connectivity index (χ3v) is 4.52. The third-order valence-electron chi connectivity index (χ3n) is 2.34. The van der Waals surface area contributed by atoms with E-state index in [1.165, 1.54) is 0 Å². The lowest BCUT2D eigenvalue weighted by Gasteiger charge is -2.04. The predicted octanol–water partition coefficient (Wildman–Crippen LogP) is 3.10. The molecule has 2 aromatic rings. The van der Waals surface area contributed by atoms with E-state index < -0.39 is 0 Å². The molecule has 0 radical (unpaired) electrons. The highest BCUT2D eigenvalue weighted by molar-refractivity contribution is 8.01. The molecule has 4 nitrogen and oxygen atoms in total. The van der Waals surface area contributed by atoms with Crippen LogP contribution in [-0.2, 0) is 6.54 Å². The number of nitrogen functional groups attached to an aromatic ring is 1. The Hall–Kier alpha value is -1.01. The van der Waals surface area contributed by atoms with Crippen molar-refractivity contribution in [3.8, 4) is 0 Å². The normalized spacial score (nSPS) is 11.0. The van der Waals surface area contributed by atoms with E-state index in [9.17, 15) is 0 Å². The van der Waals surface area contributed by atoms with Gasteiger partial charge in [-0.25, -0.2) is 4.98 Å². The van der Waals surface area contributed by atoms with Gasteiger partial charge in [-0.3, -0.25) is 4.68 Å². The molecule has 0 aliphatic carbocycles.